The van der Waals surface area contributed by atoms with Crippen LogP contribution in [-0.2, 0) is 9.59 Å². The molecule has 1 saturated heterocycles. The Kier molecular flexibility index (Phi) is 5.81. The average Bonchev–Trinajstić information content (AvgIpc) is 3.26. The van der Waals surface area contributed by atoms with Gasteiger partial charge in [-0.3, -0.25) is 9.59 Å². The molecular formula is C22H19ClFN5O2. The van der Waals surface area contributed by atoms with Crippen LogP contribution >= 0.6 is 11.6 Å². The van der Waals surface area contributed by atoms with Gasteiger partial charge in [-0.15, -0.1) is 0 Å². The molecule has 2 amide bonds. The molecule has 1 fully saturated rings. The Morgan fingerprint density at radius 1 is 1.19 bits per heavy atom. The minimum atomic E-state index is -0.535. The fraction of sp³-hybridized carbons (Fsp3) is 0.182. The lowest BCUT2D eigenvalue weighted by Gasteiger charge is -2.22. The molecule has 0 radical (unpaired) electrons. The third-order valence-electron chi connectivity index (χ3n) is 5.10. The number of nitrogens with zero attached hydrogens (tertiary/aromatic N) is 3. The van der Waals surface area contributed by atoms with Gasteiger partial charge in [0.1, 0.15) is 24.0 Å². The number of likely N-dealkylation sites (tertiary alicyclic amines) is 1. The Morgan fingerprint density at radius 2 is 2.00 bits per heavy atom. The van der Waals surface area contributed by atoms with Crippen LogP contribution in [0.4, 0.5) is 21.6 Å². The molecule has 2 N–H and O–H groups in total. The molecule has 0 saturated carbocycles. The molecule has 4 rings (SSSR count). The summed E-state index contributed by atoms with van der Waals surface area (Å²) in [5.41, 5.74) is 1.77. The molecule has 31 heavy (non-hydrogen) atoms. The van der Waals surface area contributed by atoms with E-state index < -0.39 is 11.9 Å². The molecule has 1 aliphatic heterocycles. The molecule has 158 valence electrons. The van der Waals surface area contributed by atoms with Crippen LogP contribution in [0.25, 0.3) is 10.9 Å². The highest BCUT2D eigenvalue weighted by atomic mass is 35.5. The highest BCUT2D eigenvalue weighted by Crippen LogP contribution is 2.28. The van der Waals surface area contributed by atoms with Gasteiger partial charge in [-0.2, -0.15) is 0 Å². The van der Waals surface area contributed by atoms with Crippen molar-refractivity contribution in [1.82, 2.24) is 14.9 Å². The fourth-order valence-electron chi connectivity index (χ4n) is 3.59. The van der Waals surface area contributed by atoms with Crippen molar-refractivity contribution in [2.75, 3.05) is 17.2 Å². The van der Waals surface area contributed by atoms with Crippen LogP contribution in [0.15, 0.2) is 55.4 Å². The number of carbonyl (C=O) groups excluding carboxylic acids is 2. The standard InChI is InChI=1S/C22H19ClFN5O2/c1-2-20(30)29-9-3-4-19(29)22(31)28-13-6-8-18-15(10-13)21(26-12-25-18)27-14-5-7-17(24)16(23)11-14/h2,5-8,10-12,19H,1,3-4,9H2,(H,28,31)(H,25,26,27)/t19-/m0/s1. The summed E-state index contributed by atoms with van der Waals surface area (Å²) in [4.78, 5) is 34.8. The van der Waals surface area contributed by atoms with E-state index in [1.165, 1.54) is 29.4 Å². The molecule has 7 nitrogen and oxygen atoms in total. The summed E-state index contributed by atoms with van der Waals surface area (Å²) in [6, 6.07) is 8.98. The number of benzene rings is 2. The van der Waals surface area contributed by atoms with Crippen LogP contribution in [0.1, 0.15) is 12.8 Å². The van der Waals surface area contributed by atoms with Crippen LogP contribution in [0.2, 0.25) is 5.02 Å². The molecule has 0 aliphatic carbocycles. The van der Waals surface area contributed by atoms with Crippen molar-refractivity contribution in [2.45, 2.75) is 18.9 Å². The van der Waals surface area contributed by atoms with E-state index in [4.69, 9.17) is 11.6 Å². The van der Waals surface area contributed by atoms with E-state index in [0.717, 1.165) is 6.42 Å². The van der Waals surface area contributed by atoms with Crippen LogP contribution in [0.3, 0.4) is 0 Å². The molecule has 2 heterocycles. The number of rotatable bonds is 5. The van der Waals surface area contributed by atoms with Crippen molar-refractivity contribution in [3.63, 3.8) is 0 Å². The molecule has 0 unspecified atom stereocenters. The van der Waals surface area contributed by atoms with E-state index in [2.05, 4.69) is 27.2 Å². The van der Waals surface area contributed by atoms with Gasteiger partial charge in [-0.25, -0.2) is 14.4 Å². The van der Waals surface area contributed by atoms with Crippen LogP contribution in [0, 0.1) is 5.82 Å². The predicted molar refractivity (Wildman–Crippen MR) is 118 cm³/mol. The number of anilines is 3. The van der Waals surface area contributed by atoms with Crippen molar-refractivity contribution < 1.29 is 14.0 Å². The van der Waals surface area contributed by atoms with Crippen molar-refractivity contribution in [3.05, 3.63) is 66.2 Å². The second-order valence-corrected chi connectivity index (χ2v) is 7.50. The van der Waals surface area contributed by atoms with Gasteiger partial charge >= 0.3 is 0 Å². The van der Waals surface area contributed by atoms with Gasteiger partial charge in [-0.1, -0.05) is 18.2 Å². The Bertz CT molecular complexity index is 1190. The maximum Gasteiger partial charge on any atom is 0.247 e. The third-order valence-corrected chi connectivity index (χ3v) is 5.39. The van der Waals surface area contributed by atoms with E-state index in [9.17, 15) is 14.0 Å². The summed E-state index contributed by atoms with van der Waals surface area (Å²) in [6.45, 7) is 4.03. The van der Waals surface area contributed by atoms with Gasteiger partial charge in [0.05, 0.1) is 10.5 Å². The lowest BCUT2D eigenvalue weighted by atomic mass is 10.1. The second kappa shape index (κ2) is 8.69. The van der Waals surface area contributed by atoms with E-state index in [0.29, 0.717) is 41.1 Å². The van der Waals surface area contributed by atoms with Crippen molar-refractivity contribution in [1.29, 1.82) is 0 Å². The second-order valence-electron chi connectivity index (χ2n) is 7.09. The molecule has 9 heteroatoms. The minimum absolute atomic E-state index is 0.00787. The van der Waals surface area contributed by atoms with E-state index in [-0.39, 0.29) is 16.8 Å². The van der Waals surface area contributed by atoms with E-state index in [1.54, 1.807) is 24.3 Å². The summed E-state index contributed by atoms with van der Waals surface area (Å²) in [6.07, 6.45) is 3.99. The molecular weight excluding hydrogens is 421 g/mol. The quantitative estimate of drug-likeness (QED) is 0.579. The first-order valence-electron chi connectivity index (χ1n) is 9.67. The summed E-state index contributed by atoms with van der Waals surface area (Å²) in [7, 11) is 0. The van der Waals surface area contributed by atoms with E-state index >= 15 is 0 Å². The molecule has 1 atom stereocenters. The largest absolute Gasteiger partial charge is 0.340 e. The van der Waals surface area contributed by atoms with Crippen molar-refractivity contribution in [2.24, 2.45) is 0 Å². The van der Waals surface area contributed by atoms with Crippen LogP contribution < -0.4 is 10.6 Å². The van der Waals surface area contributed by atoms with Crippen LogP contribution in [0.5, 0.6) is 0 Å². The Morgan fingerprint density at radius 3 is 2.77 bits per heavy atom. The van der Waals surface area contributed by atoms with Gasteiger partial charge in [0, 0.05) is 23.3 Å². The molecule has 2 aromatic carbocycles. The summed E-state index contributed by atoms with van der Waals surface area (Å²) in [5.74, 6) is -0.550. The SMILES string of the molecule is C=CC(=O)N1CCC[C@H]1C(=O)Nc1ccc2ncnc(Nc3ccc(F)c(Cl)c3)c2c1. The Labute approximate surface area is 182 Å². The Balaban J connectivity index is 1.59. The number of hydrogen-bond acceptors (Lipinski definition) is 5. The minimum Gasteiger partial charge on any atom is -0.340 e. The van der Waals surface area contributed by atoms with Gasteiger partial charge in [0.15, 0.2) is 0 Å². The number of amides is 2. The van der Waals surface area contributed by atoms with Crippen LogP contribution in [-0.4, -0.2) is 39.3 Å². The molecule has 1 aliphatic rings. The lowest BCUT2D eigenvalue weighted by Crippen LogP contribution is -2.42. The number of hydrogen-bond donors (Lipinski definition) is 2. The lowest BCUT2D eigenvalue weighted by molar-refractivity contribution is -0.132. The monoisotopic (exact) mass is 439 g/mol. The third kappa shape index (κ3) is 4.34. The number of nitrogens with one attached hydrogen (secondary N) is 2. The zero-order valence-corrected chi connectivity index (χ0v) is 17.2. The zero-order chi connectivity index (χ0) is 22.0. The highest BCUT2D eigenvalue weighted by Gasteiger charge is 2.33. The number of halogens is 2. The molecule has 3 aromatic rings. The fourth-order valence-corrected chi connectivity index (χ4v) is 3.77. The number of aromatic nitrogens is 2. The highest BCUT2D eigenvalue weighted by molar-refractivity contribution is 6.31. The van der Waals surface area contributed by atoms with Gasteiger partial charge in [0.25, 0.3) is 0 Å². The number of fused-ring (bicyclic) bond motifs is 1. The number of carbonyl (C=O) groups is 2. The van der Waals surface area contributed by atoms with Crippen molar-refractivity contribution >= 4 is 51.5 Å². The first kappa shape index (κ1) is 20.7. The first-order chi connectivity index (χ1) is 15.0. The van der Waals surface area contributed by atoms with Crippen molar-refractivity contribution in [3.8, 4) is 0 Å². The normalized spacial score (nSPS) is 15.7. The van der Waals surface area contributed by atoms with Gasteiger partial charge in [0.2, 0.25) is 11.8 Å². The predicted octanol–water partition coefficient (Wildman–Crippen LogP) is 4.28. The molecule has 1 aromatic heterocycles. The van der Waals surface area contributed by atoms with E-state index in [1.807, 2.05) is 0 Å². The smallest absolute Gasteiger partial charge is 0.247 e. The first-order valence-corrected chi connectivity index (χ1v) is 10.0. The topological polar surface area (TPSA) is 87.2 Å². The van der Waals surface area contributed by atoms with Gasteiger partial charge in [-0.05, 0) is 55.3 Å². The summed E-state index contributed by atoms with van der Waals surface area (Å²) < 4.78 is 13.4. The maximum atomic E-state index is 13.4. The maximum absolute atomic E-state index is 13.4. The average molecular weight is 440 g/mol. The molecule has 0 bridgehead atoms. The molecule has 0 spiro atoms. The summed E-state index contributed by atoms with van der Waals surface area (Å²) in [5, 5.41) is 6.62. The Hall–Kier alpha value is -3.52. The summed E-state index contributed by atoms with van der Waals surface area (Å²) >= 11 is 5.86. The van der Waals surface area contributed by atoms with Gasteiger partial charge < -0.3 is 15.5 Å². The zero-order valence-electron chi connectivity index (χ0n) is 16.4.